The van der Waals surface area contributed by atoms with Crippen molar-refractivity contribution in [3.63, 3.8) is 0 Å². The number of amides is 1. The van der Waals surface area contributed by atoms with Crippen LogP contribution in [0, 0.1) is 0 Å². The number of carbonyl (C=O) groups excluding carboxylic acids is 1. The van der Waals surface area contributed by atoms with E-state index in [2.05, 4.69) is 6.92 Å². The standard InChI is InChI=1S/C17H26N2O3.ClH/c1-3-9-22-16-6-4-5-13(10-16)17(20)19-8-7-15(21-2)11-14(19)12-18;/h4-6,10,14-15H,3,7-9,11-12,18H2,1-2H3;1H. The largest absolute Gasteiger partial charge is 0.494 e. The maximum absolute atomic E-state index is 12.8. The van der Waals surface area contributed by atoms with E-state index >= 15 is 0 Å². The van der Waals surface area contributed by atoms with Crippen LogP contribution in [0.1, 0.15) is 36.5 Å². The summed E-state index contributed by atoms with van der Waals surface area (Å²) in [5, 5.41) is 0. The van der Waals surface area contributed by atoms with Crippen LogP contribution in [0.2, 0.25) is 0 Å². The first kappa shape index (κ1) is 19.7. The van der Waals surface area contributed by atoms with Crippen LogP contribution < -0.4 is 10.5 Å². The molecule has 0 aliphatic carbocycles. The number of ether oxygens (including phenoxy) is 2. The van der Waals surface area contributed by atoms with E-state index in [-0.39, 0.29) is 30.5 Å². The van der Waals surface area contributed by atoms with Crippen LogP contribution >= 0.6 is 12.4 Å². The molecule has 1 amide bonds. The van der Waals surface area contributed by atoms with Gasteiger partial charge in [-0.2, -0.15) is 0 Å². The zero-order chi connectivity index (χ0) is 15.9. The van der Waals surface area contributed by atoms with Crippen molar-refractivity contribution >= 4 is 18.3 Å². The summed E-state index contributed by atoms with van der Waals surface area (Å²) in [5.74, 6) is 0.760. The van der Waals surface area contributed by atoms with Gasteiger partial charge in [0.05, 0.1) is 12.7 Å². The summed E-state index contributed by atoms with van der Waals surface area (Å²) in [6.45, 7) is 3.85. The molecule has 0 radical (unpaired) electrons. The molecule has 130 valence electrons. The molecule has 0 saturated carbocycles. The molecule has 2 atom stereocenters. The summed E-state index contributed by atoms with van der Waals surface area (Å²) in [6.07, 6.45) is 2.78. The van der Waals surface area contributed by atoms with Crippen LogP contribution in [0.4, 0.5) is 0 Å². The molecule has 23 heavy (non-hydrogen) atoms. The van der Waals surface area contributed by atoms with E-state index < -0.39 is 0 Å². The average molecular weight is 343 g/mol. The van der Waals surface area contributed by atoms with E-state index in [1.165, 1.54) is 0 Å². The Bertz CT molecular complexity index is 498. The summed E-state index contributed by atoms with van der Waals surface area (Å²) in [7, 11) is 1.71. The van der Waals surface area contributed by atoms with Gasteiger partial charge in [-0.3, -0.25) is 4.79 Å². The van der Waals surface area contributed by atoms with Gasteiger partial charge in [0.1, 0.15) is 5.75 Å². The van der Waals surface area contributed by atoms with Crippen LogP contribution in [0.3, 0.4) is 0 Å². The second-order valence-electron chi connectivity index (χ2n) is 5.65. The fraction of sp³-hybridized carbons (Fsp3) is 0.588. The van der Waals surface area contributed by atoms with Crippen molar-refractivity contribution in [3.05, 3.63) is 29.8 Å². The van der Waals surface area contributed by atoms with Crippen molar-refractivity contribution in [1.29, 1.82) is 0 Å². The number of hydrogen-bond donors (Lipinski definition) is 1. The molecule has 1 aromatic carbocycles. The number of rotatable bonds is 6. The molecule has 1 aliphatic heterocycles. The molecule has 6 heteroatoms. The SMILES string of the molecule is CCCOc1cccc(C(=O)N2CCC(OC)CC2CN)c1.Cl. The molecule has 5 nitrogen and oxygen atoms in total. The molecule has 1 heterocycles. The molecule has 0 bridgehead atoms. The second-order valence-corrected chi connectivity index (χ2v) is 5.65. The Kier molecular flexibility index (Phi) is 8.37. The summed E-state index contributed by atoms with van der Waals surface area (Å²) in [5.41, 5.74) is 6.50. The smallest absolute Gasteiger partial charge is 0.254 e. The fourth-order valence-corrected chi connectivity index (χ4v) is 2.82. The predicted molar refractivity (Wildman–Crippen MR) is 93.4 cm³/mol. The zero-order valence-electron chi connectivity index (χ0n) is 13.9. The van der Waals surface area contributed by atoms with Crippen molar-refractivity contribution in [3.8, 4) is 5.75 Å². The number of halogens is 1. The Morgan fingerprint density at radius 2 is 2.22 bits per heavy atom. The van der Waals surface area contributed by atoms with Crippen molar-refractivity contribution in [1.82, 2.24) is 4.90 Å². The Labute approximate surface area is 144 Å². The number of carbonyl (C=O) groups is 1. The Morgan fingerprint density at radius 3 is 2.87 bits per heavy atom. The highest BCUT2D eigenvalue weighted by atomic mass is 35.5. The quantitative estimate of drug-likeness (QED) is 0.862. The molecule has 0 spiro atoms. The molecule has 2 rings (SSSR count). The Balaban J connectivity index is 0.00000264. The van der Waals surface area contributed by atoms with E-state index in [0.29, 0.717) is 25.3 Å². The van der Waals surface area contributed by atoms with Gasteiger partial charge in [-0.1, -0.05) is 13.0 Å². The lowest BCUT2D eigenvalue weighted by Gasteiger charge is -2.38. The minimum Gasteiger partial charge on any atom is -0.494 e. The summed E-state index contributed by atoms with van der Waals surface area (Å²) < 4.78 is 11.0. The number of hydrogen-bond acceptors (Lipinski definition) is 4. The normalized spacial score (nSPS) is 20.7. The minimum atomic E-state index is 0. The van der Waals surface area contributed by atoms with Crippen molar-refractivity contribution < 1.29 is 14.3 Å². The van der Waals surface area contributed by atoms with Gasteiger partial charge in [0.2, 0.25) is 0 Å². The maximum atomic E-state index is 12.8. The topological polar surface area (TPSA) is 64.8 Å². The van der Waals surface area contributed by atoms with E-state index in [1.54, 1.807) is 7.11 Å². The van der Waals surface area contributed by atoms with Crippen LogP contribution in [0.5, 0.6) is 5.75 Å². The third kappa shape index (κ3) is 5.09. The summed E-state index contributed by atoms with van der Waals surface area (Å²) in [4.78, 5) is 14.6. The molecule has 1 fully saturated rings. The Hall–Kier alpha value is -1.30. The van der Waals surface area contributed by atoms with Gasteiger partial charge >= 0.3 is 0 Å². The lowest BCUT2D eigenvalue weighted by molar-refractivity contribution is 0.0139. The van der Waals surface area contributed by atoms with E-state index in [0.717, 1.165) is 25.0 Å². The highest BCUT2D eigenvalue weighted by Crippen LogP contribution is 2.23. The molecular weight excluding hydrogens is 316 g/mol. The number of nitrogens with two attached hydrogens (primary N) is 1. The number of nitrogens with zero attached hydrogens (tertiary/aromatic N) is 1. The van der Waals surface area contributed by atoms with Gasteiger partial charge in [-0.25, -0.2) is 0 Å². The molecule has 0 aromatic heterocycles. The number of benzene rings is 1. The van der Waals surface area contributed by atoms with Crippen molar-refractivity contribution in [2.45, 2.75) is 38.3 Å². The molecular formula is C17H27ClN2O3. The third-order valence-electron chi connectivity index (χ3n) is 4.09. The maximum Gasteiger partial charge on any atom is 0.254 e. The molecule has 1 aliphatic rings. The van der Waals surface area contributed by atoms with E-state index in [1.807, 2.05) is 29.2 Å². The van der Waals surface area contributed by atoms with Crippen LogP contribution in [-0.4, -0.2) is 49.8 Å². The third-order valence-corrected chi connectivity index (χ3v) is 4.09. The Morgan fingerprint density at radius 1 is 1.43 bits per heavy atom. The lowest BCUT2D eigenvalue weighted by Crippen LogP contribution is -2.51. The highest BCUT2D eigenvalue weighted by Gasteiger charge is 2.31. The average Bonchev–Trinajstić information content (AvgIpc) is 2.58. The van der Waals surface area contributed by atoms with E-state index in [4.69, 9.17) is 15.2 Å². The second kappa shape index (κ2) is 9.75. The van der Waals surface area contributed by atoms with Crippen LogP contribution in [0.15, 0.2) is 24.3 Å². The fourth-order valence-electron chi connectivity index (χ4n) is 2.82. The van der Waals surface area contributed by atoms with Crippen molar-refractivity contribution in [2.75, 3.05) is 26.8 Å². The van der Waals surface area contributed by atoms with Gasteiger partial charge in [0, 0.05) is 31.8 Å². The first-order chi connectivity index (χ1) is 10.7. The number of piperidine rings is 1. The molecule has 1 saturated heterocycles. The van der Waals surface area contributed by atoms with Gasteiger partial charge < -0.3 is 20.1 Å². The first-order valence-corrected chi connectivity index (χ1v) is 7.96. The van der Waals surface area contributed by atoms with Crippen LogP contribution in [0.25, 0.3) is 0 Å². The van der Waals surface area contributed by atoms with E-state index in [9.17, 15) is 4.79 Å². The predicted octanol–water partition coefficient (Wildman–Crippen LogP) is 2.48. The molecule has 2 N–H and O–H groups in total. The van der Waals surface area contributed by atoms with Crippen LogP contribution in [-0.2, 0) is 4.74 Å². The van der Waals surface area contributed by atoms with Gasteiger partial charge in [0.15, 0.2) is 0 Å². The monoisotopic (exact) mass is 342 g/mol. The molecule has 1 aromatic rings. The van der Waals surface area contributed by atoms with Gasteiger partial charge in [-0.05, 0) is 37.5 Å². The first-order valence-electron chi connectivity index (χ1n) is 7.96. The summed E-state index contributed by atoms with van der Waals surface area (Å²) >= 11 is 0. The number of methoxy groups -OCH3 is 1. The molecule has 2 unspecified atom stereocenters. The lowest BCUT2D eigenvalue weighted by atomic mass is 9.98. The summed E-state index contributed by atoms with van der Waals surface area (Å²) in [6, 6.07) is 7.42. The van der Waals surface area contributed by atoms with Crippen molar-refractivity contribution in [2.24, 2.45) is 5.73 Å². The van der Waals surface area contributed by atoms with Gasteiger partial charge in [-0.15, -0.1) is 12.4 Å². The minimum absolute atomic E-state index is 0. The highest BCUT2D eigenvalue weighted by molar-refractivity contribution is 5.95. The number of likely N-dealkylation sites (tertiary alicyclic amines) is 1. The zero-order valence-corrected chi connectivity index (χ0v) is 14.7. The van der Waals surface area contributed by atoms with Gasteiger partial charge in [0.25, 0.3) is 5.91 Å².